The van der Waals surface area contributed by atoms with E-state index in [-0.39, 0.29) is 23.4 Å². The van der Waals surface area contributed by atoms with E-state index in [4.69, 9.17) is 16.3 Å². The second kappa shape index (κ2) is 14.3. The summed E-state index contributed by atoms with van der Waals surface area (Å²) in [5, 5.41) is 3.52. The van der Waals surface area contributed by atoms with Crippen LogP contribution in [0.3, 0.4) is 0 Å². The van der Waals surface area contributed by atoms with Crippen molar-refractivity contribution in [2.45, 2.75) is 76.4 Å². The number of halogens is 1. The van der Waals surface area contributed by atoms with Gasteiger partial charge in [0.1, 0.15) is 18.3 Å². The van der Waals surface area contributed by atoms with Gasteiger partial charge >= 0.3 is 0 Å². The number of amides is 2. The van der Waals surface area contributed by atoms with Crippen molar-refractivity contribution in [3.8, 4) is 5.75 Å². The normalized spacial score (nSPS) is 14.5. The summed E-state index contributed by atoms with van der Waals surface area (Å²) < 4.78 is 34.5. The molecule has 1 N–H and O–H groups in total. The summed E-state index contributed by atoms with van der Waals surface area (Å²) in [4.78, 5) is 29.1. The molecule has 0 unspecified atom stereocenters. The molecule has 1 saturated carbocycles. The predicted octanol–water partition coefficient (Wildman–Crippen LogP) is 6.03. The number of hydrogen-bond acceptors (Lipinski definition) is 5. The molecule has 0 radical (unpaired) electrons. The summed E-state index contributed by atoms with van der Waals surface area (Å²) in [6.45, 7) is 5.10. The van der Waals surface area contributed by atoms with E-state index in [0.29, 0.717) is 16.5 Å². The Balaban J connectivity index is 1.70. The molecule has 0 aromatic heterocycles. The highest BCUT2D eigenvalue weighted by Crippen LogP contribution is 2.28. The van der Waals surface area contributed by atoms with Crippen LogP contribution in [0.1, 0.15) is 55.7 Å². The average Bonchev–Trinajstić information content (AvgIpc) is 3.00. The van der Waals surface area contributed by atoms with Crippen LogP contribution in [0.2, 0.25) is 5.02 Å². The molecule has 1 atom stereocenters. The molecule has 8 nitrogen and oxygen atoms in total. The Morgan fingerprint density at radius 3 is 2.33 bits per heavy atom. The maximum atomic E-state index is 14.2. The maximum Gasteiger partial charge on any atom is 0.264 e. The zero-order valence-corrected chi connectivity index (χ0v) is 26.7. The first-order valence-corrected chi connectivity index (χ1v) is 16.4. The van der Waals surface area contributed by atoms with Crippen LogP contribution in [0.5, 0.6) is 5.75 Å². The summed E-state index contributed by atoms with van der Waals surface area (Å²) in [7, 11) is -2.61. The van der Waals surface area contributed by atoms with E-state index in [0.717, 1.165) is 53.1 Å². The summed E-state index contributed by atoms with van der Waals surface area (Å²) >= 11 is 6.04. The first-order valence-electron chi connectivity index (χ1n) is 14.6. The molecule has 4 rings (SSSR count). The Hall–Kier alpha value is -3.56. The van der Waals surface area contributed by atoms with E-state index >= 15 is 0 Å². The lowest BCUT2D eigenvalue weighted by Gasteiger charge is -2.33. The topological polar surface area (TPSA) is 96.0 Å². The highest BCUT2D eigenvalue weighted by molar-refractivity contribution is 7.92. The Kier molecular flexibility index (Phi) is 10.7. The molecule has 3 aromatic rings. The largest absolute Gasteiger partial charge is 0.497 e. The molecule has 1 fully saturated rings. The van der Waals surface area contributed by atoms with Crippen LogP contribution in [0.15, 0.2) is 71.6 Å². The molecule has 1 aliphatic rings. The van der Waals surface area contributed by atoms with Gasteiger partial charge in [0.15, 0.2) is 0 Å². The molecule has 0 saturated heterocycles. The fourth-order valence-electron chi connectivity index (χ4n) is 5.26. The molecule has 0 heterocycles. The van der Waals surface area contributed by atoms with Gasteiger partial charge in [-0.25, -0.2) is 8.42 Å². The van der Waals surface area contributed by atoms with E-state index in [1.54, 1.807) is 38.3 Å². The highest BCUT2D eigenvalue weighted by atomic mass is 35.5. The fraction of sp³-hybridized carbons (Fsp3) is 0.394. The SMILES string of the molecule is COc1cccc(CN(C(=O)CN(c2ccc(C)c(C)c2)S(=O)(=O)c2ccc(Cl)cc2)[C@@H](C)C(=O)NC2CCCCC2)c1. The van der Waals surface area contributed by atoms with Gasteiger partial charge in [0.05, 0.1) is 17.7 Å². The number of carbonyl (C=O) groups is 2. The third-order valence-corrected chi connectivity index (χ3v) is 10.1. The van der Waals surface area contributed by atoms with Crippen LogP contribution in [0.25, 0.3) is 0 Å². The lowest BCUT2D eigenvalue weighted by atomic mass is 9.95. The number of rotatable bonds is 11. The van der Waals surface area contributed by atoms with E-state index in [1.807, 2.05) is 32.0 Å². The van der Waals surface area contributed by atoms with Gasteiger partial charge in [-0.05, 0) is 98.8 Å². The molecule has 10 heteroatoms. The van der Waals surface area contributed by atoms with Crippen molar-refractivity contribution in [1.29, 1.82) is 0 Å². The molecule has 43 heavy (non-hydrogen) atoms. The number of carbonyl (C=O) groups excluding carboxylic acids is 2. The zero-order chi connectivity index (χ0) is 31.1. The number of aryl methyl sites for hydroxylation is 2. The first-order chi connectivity index (χ1) is 20.5. The zero-order valence-electron chi connectivity index (χ0n) is 25.2. The molecule has 0 spiro atoms. The summed E-state index contributed by atoms with van der Waals surface area (Å²) in [5.74, 6) is -0.155. The van der Waals surface area contributed by atoms with Crippen molar-refractivity contribution in [2.24, 2.45) is 0 Å². The van der Waals surface area contributed by atoms with Crippen molar-refractivity contribution in [2.75, 3.05) is 18.0 Å². The second-order valence-electron chi connectivity index (χ2n) is 11.1. The number of sulfonamides is 1. The van der Waals surface area contributed by atoms with E-state index in [1.165, 1.54) is 29.2 Å². The molecular formula is C33H40ClN3O5S. The third-order valence-electron chi connectivity index (χ3n) is 8.06. The minimum absolute atomic E-state index is 0.00497. The van der Waals surface area contributed by atoms with Gasteiger partial charge in [0, 0.05) is 17.6 Å². The highest BCUT2D eigenvalue weighted by Gasteiger charge is 2.33. The van der Waals surface area contributed by atoms with Crippen molar-refractivity contribution < 1.29 is 22.7 Å². The standard InChI is InChI=1S/C33H40ClN3O5S/c1-23-13-16-29(19-24(23)2)37(43(40,41)31-17-14-27(34)15-18-31)22-32(38)36(21-26-9-8-12-30(20-26)42-4)25(3)33(39)35-28-10-6-5-7-11-28/h8-9,12-20,25,28H,5-7,10-11,21-22H2,1-4H3,(H,35,39)/t25-/m0/s1. The number of nitrogens with one attached hydrogen (secondary N) is 1. The summed E-state index contributed by atoms with van der Waals surface area (Å²) in [6, 6.07) is 17.6. The van der Waals surface area contributed by atoms with Gasteiger partial charge in [-0.2, -0.15) is 0 Å². The molecule has 230 valence electrons. The van der Waals surface area contributed by atoms with Gasteiger partial charge < -0.3 is 15.0 Å². The lowest BCUT2D eigenvalue weighted by Crippen LogP contribution is -2.53. The van der Waals surface area contributed by atoms with Crippen molar-refractivity contribution >= 4 is 39.1 Å². The minimum Gasteiger partial charge on any atom is -0.497 e. The number of benzene rings is 3. The molecule has 0 aliphatic heterocycles. The van der Waals surface area contributed by atoms with Gasteiger partial charge in [-0.3, -0.25) is 13.9 Å². The van der Waals surface area contributed by atoms with Crippen molar-refractivity contribution in [3.05, 3.63) is 88.4 Å². The fourth-order valence-corrected chi connectivity index (χ4v) is 6.79. The Bertz CT molecular complexity index is 1540. The van der Waals surface area contributed by atoms with Gasteiger partial charge in [0.25, 0.3) is 10.0 Å². The van der Waals surface area contributed by atoms with Crippen LogP contribution < -0.4 is 14.4 Å². The molecule has 3 aromatic carbocycles. The Morgan fingerprint density at radius 2 is 1.67 bits per heavy atom. The monoisotopic (exact) mass is 625 g/mol. The number of anilines is 1. The van der Waals surface area contributed by atoms with Crippen molar-refractivity contribution in [1.82, 2.24) is 10.2 Å². The molecular weight excluding hydrogens is 586 g/mol. The van der Waals surface area contributed by atoms with Crippen molar-refractivity contribution in [3.63, 3.8) is 0 Å². The Morgan fingerprint density at radius 1 is 0.977 bits per heavy atom. The number of ether oxygens (including phenoxy) is 1. The quantitative estimate of drug-likeness (QED) is 0.281. The van der Waals surface area contributed by atoms with Crippen LogP contribution in [-0.2, 0) is 26.2 Å². The third kappa shape index (κ3) is 8.09. The first kappa shape index (κ1) is 32.4. The molecule has 1 aliphatic carbocycles. The number of nitrogens with zero attached hydrogens (tertiary/aromatic N) is 2. The predicted molar refractivity (Wildman–Crippen MR) is 170 cm³/mol. The van der Waals surface area contributed by atoms with E-state index in [2.05, 4.69) is 5.32 Å². The average molecular weight is 626 g/mol. The minimum atomic E-state index is -4.17. The van der Waals surface area contributed by atoms with Gasteiger partial charge in [-0.15, -0.1) is 0 Å². The van der Waals surface area contributed by atoms with Crippen LogP contribution >= 0.6 is 11.6 Å². The lowest BCUT2D eigenvalue weighted by molar-refractivity contribution is -0.139. The Labute approximate surface area is 260 Å². The molecule has 0 bridgehead atoms. The smallest absolute Gasteiger partial charge is 0.264 e. The van der Waals surface area contributed by atoms with Crippen LogP contribution in [-0.4, -0.2) is 50.9 Å². The number of hydrogen-bond donors (Lipinski definition) is 1. The maximum absolute atomic E-state index is 14.2. The van der Waals surface area contributed by atoms with Crippen LogP contribution in [0.4, 0.5) is 5.69 Å². The van der Waals surface area contributed by atoms with Crippen LogP contribution in [0, 0.1) is 13.8 Å². The summed E-state index contributed by atoms with van der Waals surface area (Å²) in [6.07, 6.45) is 5.07. The molecule has 2 amide bonds. The van der Waals surface area contributed by atoms with E-state index in [9.17, 15) is 18.0 Å². The second-order valence-corrected chi connectivity index (χ2v) is 13.4. The van der Waals surface area contributed by atoms with E-state index < -0.39 is 28.5 Å². The van der Waals surface area contributed by atoms with Gasteiger partial charge in [-0.1, -0.05) is 49.1 Å². The van der Waals surface area contributed by atoms with Gasteiger partial charge in [0.2, 0.25) is 11.8 Å². The number of methoxy groups -OCH3 is 1. The summed E-state index contributed by atoms with van der Waals surface area (Å²) in [5.41, 5.74) is 2.98.